The molecule has 0 aromatic heterocycles. The van der Waals surface area contributed by atoms with Crippen molar-refractivity contribution in [1.82, 2.24) is 4.31 Å². The number of halogens is 3. The average Bonchev–Trinajstić information content (AvgIpc) is 2.78. The Morgan fingerprint density at radius 2 is 1.85 bits per heavy atom. The van der Waals surface area contributed by atoms with E-state index in [1.807, 2.05) is 0 Å². The molecule has 0 aliphatic carbocycles. The molecule has 0 saturated carbocycles. The number of amides is 2. The summed E-state index contributed by atoms with van der Waals surface area (Å²) in [7, 11) is -4.11. The third kappa shape index (κ3) is 5.19. The summed E-state index contributed by atoms with van der Waals surface area (Å²) < 4.78 is 67.8. The lowest BCUT2D eigenvalue weighted by atomic mass is 10.0. The summed E-state index contributed by atoms with van der Waals surface area (Å²) in [5, 5.41) is 2.09. The second-order valence-electron chi connectivity index (χ2n) is 7.67. The first kappa shape index (κ1) is 24.7. The summed E-state index contributed by atoms with van der Waals surface area (Å²) in [6.07, 6.45) is 1.69. The number of sulfonamides is 1. The van der Waals surface area contributed by atoms with Crippen LogP contribution >= 0.6 is 0 Å². The van der Waals surface area contributed by atoms with Crippen molar-refractivity contribution in [3.8, 4) is 0 Å². The van der Waals surface area contributed by atoms with Gasteiger partial charge in [-0.25, -0.2) is 21.6 Å². The summed E-state index contributed by atoms with van der Waals surface area (Å²) >= 11 is 0. The number of benzene rings is 2. The third-order valence-electron chi connectivity index (χ3n) is 5.29. The summed E-state index contributed by atoms with van der Waals surface area (Å²) in [4.78, 5) is 25.8. The van der Waals surface area contributed by atoms with Crippen LogP contribution in [0.3, 0.4) is 0 Å². The molecule has 1 N–H and O–H groups in total. The Hall–Kier alpha value is -2.92. The number of hydrogen-bond donors (Lipinski definition) is 1. The van der Waals surface area contributed by atoms with E-state index in [0.29, 0.717) is 43.1 Å². The predicted molar refractivity (Wildman–Crippen MR) is 117 cm³/mol. The Morgan fingerprint density at radius 3 is 2.52 bits per heavy atom. The second-order valence-corrected chi connectivity index (χ2v) is 9.61. The topological polar surface area (TPSA) is 86.8 Å². The van der Waals surface area contributed by atoms with Gasteiger partial charge < -0.3 is 10.2 Å². The van der Waals surface area contributed by atoms with Crippen molar-refractivity contribution in [3.63, 3.8) is 0 Å². The van der Waals surface area contributed by atoms with E-state index in [1.165, 1.54) is 19.1 Å². The van der Waals surface area contributed by atoms with Gasteiger partial charge in [0.15, 0.2) is 17.5 Å². The van der Waals surface area contributed by atoms with Gasteiger partial charge in [-0.2, -0.15) is 4.31 Å². The molecular weight excluding hydrogens is 459 g/mol. The van der Waals surface area contributed by atoms with Crippen LogP contribution in [0.1, 0.15) is 32.3 Å². The Bertz CT molecular complexity index is 1190. The summed E-state index contributed by atoms with van der Waals surface area (Å²) in [6, 6.07) is 5.96. The zero-order valence-corrected chi connectivity index (χ0v) is 19.0. The lowest BCUT2D eigenvalue weighted by Gasteiger charge is -2.29. The molecule has 0 saturated heterocycles. The standard InChI is InChI=1S/C22H24F3N3O4S/c1-3-10-27(13-20(30)26-18-8-7-17(23)21(24)22(18)25)33(31,32)16-6-9-19-15(12-16)5-4-11-28(19)14(2)29/h6-9,12H,3-5,10-11,13H2,1-2H3,(H,26,30). The van der Waals surface area contributed by atoms with E-state index < -0.39 is 45.6 Å². The van der Waals surface area contributed by atoms with E-state index in [-0.39, 0.29) is 17.3 Å². The summed E-state index contributed by atoms with van der Waals surface area (Å²) in [5.74, 6) is -5.76. The minimum atomic E-state index is -4.11. The SMILES string of the molecule is CCCN(CC(=O)Nc1ccc(F)c(F)c1F)S(=O)(=O)c1ccc2c(c1)CCCN2C(C)=O. The largest absolute Gasteiger partial charge is 0.322 e. The number of anilines is 2. The average molecular weight is 484 g/mol. The molecule has 11 heteroatoms. The van der Waals surface area contributed by atoms with Gasteiger partial charge in [-0.15, -0.1) is 0 Å². The fraction of sp³-hybridized carbons (Fsp3) is 0.364. The first-order chi connectivity index (χ1) is 15.6. The molecule has 0 bridgehead atoms. The molecule has 2 amide bonds. The van der Waals surface area contributed by atoms with E-state index >= 15 is 0 Å². The maximum atomic E-state index is 13.9. The number of hydrogen-bond acceptors (Lipinski definition) is 4. The van der Waals surface area contributed by atoms with Crippen LogP contribution in [0.5, 0.6) is 0 Å². The molecule has 1 heterocycles. The second kappa shape index (κ2) is 9.92. The third-order valence-corrected chi connectivity index (χ3v) is 7.13. The first-order valence-corrected chi connectivity index (χ1v) is 11.8. The number of rotatable bonds is 7. The van der Waals surface area contributed by atoms with Crippen molar-refractivity contribution in [2.75, 3.05) is 29.9 Å². The first-order valence-electron chi connectivity index (χ1n) is 10.4. The monoisotopic (exact) mass is 483 g/mol. The summed E-state index contributed by atoms with van der Waals surface area (Å²) in [6.45, 7) is 3.08. The van der Waals surface area contributed by atoms with E-state index in [4.69, 9.17) is 0 Å². The number of nitrogens with one attached hydrogen (secondary N) is 1. The van der Waals surface area contributed by atoms with Gasteiger partial charge in [0.1, 0.15) is 0 Å². The van der Waals surface area contributed by atoms with Crippen molar-refractivity contribution in [3.05, 3.63) is 53.3 Å². The molecule has 178 valence electrons. The maximum Gasteiger partial charge on any atom is 0.243 e. The van der Waals surface area contributed by atoms with Gasteiger partial charge in [0, 0.05) is 25.7 Å². The van der Waals surface area contributed by atoms with Crippen molar-refractivity contribution in [2.24, 2.45) is 0 Å². The highest BCUT2D eigenvalue weighted by atomic mass is 32.2. The van der Waals surface area contributed by atoms with Crippen LogP contribution in [0.25, 0.3) is 0 Å². The van der Waals surface area contributed by atoms with Gasteiger partial charge >= 0.3 is 0 Å². The molecule has 0 radical (unpaired) electrons. The maximum absolute atomic E-state index is 13.9. The fourth-order valence-electron chi connectivity index (χ4n) is 3.72. The molecule has 2 aromatic carbocycles. The van der Waals surface area contributed by atoms with Crippen LogP contribution in [0.15, 0.2) is 35.2 Å². The number of carbonyl (C=O) groups is 2. The number of nitrogens with zero attached hydrogens (tertiary/aromatic N) is 2. The fourth-order valence-corrected chi connectivity index (χ4v) is 5.26. The van der Waals surface area contributed by atoms with Crippen molar-refractivity contribution in [1.29, 1.82) is 0 Å². The Kier molecular flexibility index (Phi) is 7.43. The molecule has 7 nitrogen and oxygen atoms in total. The molecule has 3 rings (SSSR count). The van der Waals surface area contributed by atoms with Gasteiger partial charge in [0.05, 0.1) is 17.1 Å². The lowest BCUT2D eigenvalue weighted by molar-refractivity contribution is -0.117. The minimum absolute atomic E-state index is 0.00662. The van der Waals surface area contributed by atoms with Crippen LogP contribution in [-0.2, 0) is 26.0 Å². The highest BCUT2D eigenvalue weighted by molar-refractivity contribution is 7.89. The number of carbonyl (C=O) groups excluding carboxylic acids is 2. The molecule has 0 atom stereocenters. The molecule has 1 aliphatic rings. The molecule has 2 aromatic rings. The van der Waals surface area contributed by atoms with Gasteiger partial charge in [0.25, 0.3) is 0 Å². The quantitative estimate of drug-likeness (QED) is 0.612. The van der Waals surface area contributed by atoms with Crippen molar-refractivity contribution in [2.45, 2.75) is 38.0 Å². The van der Waals surface area contributed by atoms with Crippen LogP contribution in [-0.4, -0.2) is 44.2 Å². The molecule has 1 aliphatic heterocycles. The minimum Gasteiger partial charge on any atom is -0.322 e. The molecule has 0 unspecified atom stereocenters. The molecule has 0 fully saturated rings. The van der Waals surface area contributed by atoms with Crippen molar-refractivity contribution >= 4 is 33.2 Å². The Labute approximate surface area is 190 Å². The van der Waals surface area contributed by atoms with Gasteiger partial charge in [0.2, 0.25) is 21.8 Å². The predicted octanol–water partition coefficient (Wildman–Crippen LogP) is 3.44. The Morgan fingerprint density at radius 1 is 1.12 bits per heavy atom. The van der Waals surface area contributed by atoms with E-state index in [2.05, 4.69) is 5.32 Å². The van der Waals surface area contributed by atoms with Gasteiger partial charge in [-0.3, -0.25) is 9.59 Å². The number of fused-ring (bicyclic) bond motifs is 1. The normalized spacial score (nSPS) is 13.7. The van der Waals surface area contributed by atoms with Crippen LogP contribution in [0, 0.1) is 17.5 Å². The van der Waals surface area contributed by atoms with Gasteiger partial charge in [-0.05, 0) is 55.2 Å². The van der Waals surface area contributed by atoms with Crippen LogP contribution in [0.4, 0.5) is 24.5 Å². The smallest absolute Gasteiger partial charge is 0.243 e. The lowest BCUT2D eigenvalue weighted by Crippen LogP contribution is -2.39. The van der Waals surface area contributed by atoms with Crippen LogP contribution < -0.4 is 10.2 Å². The van der Waals surface area contributed by atoms with Gasteiger partial charge in [-0.1, -0.05) is 6.92 Å². The molecule has 33 heavy (non-hydrogen) atoms. The summed E-state index contributed by atoms with van der Waals surface area (Å²) in [5.41, 5.74) is 0.773. The Balaban J connectivity index is 1.84. The zero-order chi connectivity index (χ0) is 24.3. The van der Waals surface area contributed by atoms with Crippen molar-refractivity contribution < 1.29 is 31.2 Å². The highest BCUT2D eigenvalue weighted by Gasteiger charge is 2.29. The van der Waals surface area contributed by atoms with E-state index in [9.17, 15) is 31.2 Å². The highest BCUT2D eigenvalue weighted by Crippen LogP contribution is 2.30. The molecular formula is C22H24F3N3O4S. The van der Waals surface area contributed by atoms with Crippen LogP contribution in [0.2, 0.25) is 0 Å². The number of aryl methyl sites for hydroxylation is 1. The molecule has 0 spiro atoms. The zero-order valence-electron chi connectivity index (χ0n) is 18.2. The van der Waals surface area contributed by atoms with E-state index in [1.54, 1.807) is 17.9 Å². The van der Waals surface area contributed by atoms with E-state index in [0.717, 1.165) is 10.4 Å².